The quantitative estimate of drug-likeness (QED) is 0.928. The maximum absolute atomic E-state index is 12.8. The Hall–Kier alpha value is -2.50. The molecule has 0 radical (unpaired) electrons. The van der Waals surface area contributed by atoms with Gasteiger partial charge < -0.3 is 9.84 Å². The molecule has 0 bridgehead atoms. The van der Waals surface area contributed by atoms with Crippen molar-refractivity contribution in [2.75, 3.05) is 0 Å². The highest BCUT2D eigenvalue weighted by atomic mass is 19.4. The molecule has 110 valence electrons. The van der Waals surface area contributed by atoms with Crippen molar-refractivity contribution in [1.82, 2.24) is 0 Å². The molecule has 0 amide bonds. The maximum Gasteiger partial charge on any atom is 0.416 e. The monoisotopic (exact) mass is 296 g/mol. The van der Waals surface area contributed by atoms with Crippen LogP contribution in [-0.2, 0) is 12.8 Å². The Morgan fingerprint density at radius 3 is 2.24 bits per heavy atom. The summed E-state index contributed by atoms with van der Waals surface area (Å²) >= 11 is 0. The topological polar surface area (TPSA) is 46.5 Å². The minimum Gasteiger partial charge on any atom is -0.489 e. The van der Waals surface area contributed by atoms with Gasteiger partial charge in [-0.15, -0.1) is 0 Å². The zero-order valence-electron chi connectivity index (χ0n) is 10.7. The fraction of sp³-hybridized carbons (Fsp3) is 0.133. The summed E-state index contributed by atoms with van der Waals surface area (Å²) in [6.07, 6.45) is -4.44. The zero-order chi connectivity index (χ0) is 15.5. The van der Waals surface area contributed by atoms with Crippen molar-refractivity contribution in [3.8, 4) is 5.75 Å². The third-order valence-corrected chi connectivity index (χ3v) is 2.82. The highest BCUT2D eigenvalue weighted by Gasteiger charge is 2.32. The largest absolute Gasteiger partial charge is 0.489 e. The Kier molecular flexibility index (Phi) is 4.16. The minimum absolute atomic E-state index is 0.0207. The molecule has 0 aliphatic rings. The van der Waals surface area contributed by atoms with Crippen LogP contribution in [0.3, 0.4) is 0 Å². The molecule has 0 heterocycles. The van der Waals surface area contributed by atoms with Gasteiger partial charge in [0.15, 0.2) is 0 Å². The van der Waals surface area contributed by atoms with Gasteiger partial charge in [0.25, 0.3) is 0 Å². The fourth-order valence-electron chi connectivity index (χ4n) is 1.78. The number of hydrogen-bond acceptors (Lipinski definition) is 2. The van der Waals surface area contributed by atoms with Gasteiger partial charge in [0, 0.05) is 5.56 Å². The molecule has 1 N–H and O–H groups in total. The number of carboxylic acids is 1. The summed E-state index contributed by atoms with van der Waals surface area (Å²) in [5.74, 6) is -0.777. The molecule has 0 aliphatic heterocycles. The number of hydrogen-bond donors (Lipinski definition) is 1. The molecule has 21 heavy (non-hydrogen) atoms. The lowest BCUT2D eigenvalue weighted by Crippen LogP contribution is -2.10. The van der Waals surface area contributed by atoms with Gasteiger partial charge in [0.05, 0.1) is 11.1 Å². The molecule has 0 fully saturated rings. The smallest absolute Gasteiger partial charge is 0.416 e. The first-order chi connectivity index (χ1) is 9.88. The Morgan fingerprint density at radius 2 is 1.67 bits per heavy atom. The average molecular weight is 296 g/mol. The molecule has 0 unspecified atom stereocenters. The van der Waals surface area contributed by atoms with Crippen LogP contribution in [0.5, 0.6) is 5.75 Å². The third-order valence-electron chi connectivity index (χ3n) is 2.82. The van der Waals surface area contributed by atoms with E-state index in [0.29, 0.717) is 5.75 Å². The highest BCUT2D eigenvalue weighted by Crippen LogP contribution is 2.32. The molecule has 0 spiro atoms. The summed E-state index contributed by atoms with van der Waals surface area (Å²) < 4.78 is 43.7. The van der Waals surface area contributed by atoms with Crippen LogP contribution in [0.2, 0.25) is 0 Å². The second-order valence-electron chi connectivity index (χ2n) is 4.27. The first kappa shape index (κ1) is 14.9. The van der Waals surface area contributed by atoms with E-state index in [4.69, 9.17) is 9.84 Å². The SMILES string of the molecule is O=C(O)c1ccc(OCc2ccccc2C(F)(F)F)cc1. The summed E-state index contributed by atoms with van der Waals surface area (Å²) in [5.41, 5.74) is -0.641. The van der Waals surface area contributed by atoms with E-state index in [0.717, 1.165) is 6.07 Å². The summed E-state index contributed by atoms with van der Waals surface area (Å²) in [4.78, 5) is 10.7. The van der Waals surface area contributed by atoms with Crippen LogP contribution < -0.4 is 4.74 Å². The van der Waals surface area contributed by atoms with Gasteiger partial charge in [-0.05, 0) is 30.3 Å². The Balaban J connectivity index is 2.12. The van der Waals surface area contributed by atoms with E-state index >= 15 is 0 Å². The van der Waals surface area contributed by atoms with E-state index in [-0.39, 0.29) is 17.7 Å². The summed E-state index contributed by atoms with van der Waals surface area (Å²) in [5, 5.41) is 8.74. The van der Waals surface area contributed by atoms with Crippen LogP contribution in [0.15, 0.2) is 48.5 Å². The molecule has 2 aromatic carbocycles. The molecular formula is C15H11F3O3. The fourth-order valence-corrected chi connectivity index (χ4v) is 1.78. The predicted octanol–water partition coefficient (Wildman–Crippen LogP) is 3.98. The van der Waals surface area contributed by atoms with Crippen LogP contribution in [0.1, 0.15) is 21.5 Å². The Bertz CT molecular complexity index is 633. The van der Waals surface area contributed by atoms with E-state index in [1.165, 1.54) is 42.5 Å². The van der Waals surface area contributed by atoms with Crippen molar-refractivity contribution < 1.29 is 27.8 Å². The second kappa shape index (κ2) is 5.87. The Morgan fingerprint density at radius 1 is 1.05 bits per heavy atom. The van der Waals surface area contributed by atoms with Crippen molar-refractivity contribution in [2.24, 2.45) is 0 Å². The number of rotatable bonds is 4. The average Bonchev–Trinajstić information content (AvgIpc) is 2.45. The third kappa shape index (κ3) is 3.75. The van der Waals surface area contributed by atoms with Crippen molar-refractivity contribution >= 4 is 5.97 Å². The van der Waals surface area contributed by atoms with Gasteiger partial charge in [-0.25, -0.2) is 4.79 Å². The molecule has 6 heteroatoms. The van der Waals surface area contributed by atoms with Gasteiger partial charge in [0.2, 0.25) is 0 Å². The molecule has 0 aromatic heterocycles. The molecule has 0 saturated carbocycles. The van der Waals surface area contributed by atoms with Crippen molar-refractivity contribution in [3.63, 3.8) is 0 Å². The van der Waals surface area contributed by atoms with E-state index in [9.17, 15) is 18.0 Å². The molecule has 2 aromatic rings. The molecule has 0 atom stereocenters. The van der Waals surface area contributed by atoms with Crippen LogP contribution in [-0.4, -0.2) is 11.1 Å². The minimum atomic E-state index is -4.44. The predicted molar refractivity (Wildman–Crippen MR) is 69.2 cm³/mol. The maximum atomic E-state index is 12.8. The Labute approximate surface area is 118 Å². The van der Waals surface area contributed by atoms with E-state index in [1.54, 1.807) is 0 Å². The molecule has 0 saturated heterocycles. The lowest BCUT2D eigenvalue weighted by molar-refractivity contribution is -0.138. The van der Waals surface area contributed by atoms with Gasteiger partial charge in [0.1, 0.15) is 12.4 Å². The van der Waals surface area contributed by atoms with Crippen LogP contribution >= 0.6 is 0 Å². The van der Waals surface area contributed by atoms with E-state index in [1.807, 2.05) is 0 Å². The lowest BCUT2D eigenvalue weighted by atomic mass is 10.1. The number of ether oxygens (including phenoxy) is 1. The number of benzene rings is 2. The van der Waals surface area contributed by atoms with Crippen LogP contribution in [0.4, 0.5) is 13.2 Å². The van der Waals surface area contributed by atoms with Crippen molar-refractivity contribution in [3.05, 3.63) is 65.2 Å². The molecular weight excluding hydrogens is 285 g/mol. The summed E-state index contributed by atoms with van der Waals surface area (Å²) in [6.45, 7) is -0.248. The van der Waals surface area contributed by atoms with Crippen LogP contribution in [0.25, 0.3) is 0 Å². The van der Waals surface area contributed by atoms with Gasteiger partial charge in [-0.1, -0.05) is 18.2 Å². The van der Waals surface area contributed by atoms with Crippen LogP contribution in [0, 0.1) is 0 Å². The number of alkyl halides is 3. The van der Waals surface area contributed by atoms with Gasteiger partial charge in [-0.2, -0.15) is 13.2 Å². The van der Waals surface area contributed by atoms with Gasteiger partial charge >= 0.3 is 12.1 Å². The number of aromatic carboxylic acids is 1. The molecule has 0 aliphatic carbocycles. The van der Waals surface area contributed by atoms with E-state index in [2.05, 4.69) is 0 Å². The normalized spacial score (nSPS) is 11.2. The molecule has 2 rings (SSSR count). The number of carboxylic acid groups (broad SMARTS) is 1. The van der Waals surface area contributed by atoms with Crippen molar-refractivity contribution in [1.29, 1.82) is 0 Å². The summed E-state index contributed by atoms with van der Waals surface area (Å²) in [6, 6.07) is 10.6. The lowest BCUT2D eigenvalue weighted by Gasteiger charge is -2.13. The number of halogens is 3. The van der Waals surface area contributed by atoms with Crippen molar-refractivity contribution in [2.45, 2.75) is 12.8 Å². The second-order valence-corrected chi connectivity index (χ2v) is 4.27. The van der Waals surface area contributed by atoms with E-state index < -0.39 is 17.7 Å². The standard InChI is InChI=1S/C15H11F3O3/c16-15(17,18)13-4-2-1-3-11(13)9-21-12-7-5-10(6-8-12)14(19)20/h1-8H,9H2,(H,19,20). The zero-order valence-corrected chi connectivity index (χ0v) is 10.7. The first-order valence-corrected chi connectivity index (χ1v) is 5.99. The number of carbonyl (C=O) groups is 1. The summed E-state index contributed by atoms with van der Waals surface area (Å²) in [7, 11) is 0. The highest BCUT2D eigenvalue weighted by molar-refractivity contribution is 5.87. The molecule has 3 nitrogen and oxygen atoms in total. The first-order valence-electron chi connectivity index (χ1n) is 5.99. The van der Waals surface area contributed by atoms with Gasteiger partial charge in [-0.3, -0.25) is 0 Å².